The van der Waals surface area contributed by atoms with Gasteiger partial charge >= 0.3 is 0 Å². The van der Waals surface area contributed by atoms with E-state index in [0.29, 0.717) is 0 Å². The molecule has 0 aromatic rings. The number of hydrogen-bond acceptors (Lipinski definition) is 1. The first-order valence-corrected chi connectivity index (χ1v) is 5.48. The molecule has 74 valence electrons. The smallest absolute Gasteiger partial charge is 0.00746 e. The van der Waals surface area contributed by atoms with Gasteiger partial charge in [0, 0.05) is 0 Å². The van der Waals surface area contributed by atoms with Gasteiger partial charge in [-0.25, -0.2) is 0 Å². The third kappa shape index (κ3) is 4.76. The lowest BCUT2D eigenvalue weighted by Gasteiger charge is -2.19. The fraction of sp³-hybridized carbons (Fsp3) is 1.00. The largest absolute Gasteiger partial charge is 0.330 e. The first-order valence-electron chi connectivity index (χ1n) is 5.48. The predicted molar refractivity (Wildman–Crippen MR) is 56.1 cm³/mol. The molecule has 0 bridgehead atoms. The van der Waals surface area contributed by atoms with E-state index in [2.05, 4.69) is 20.8 Å². The van der Waals surface area contributed by atoms with Crippen molar-refractivity contribution in [1.82, 2.24) is 0 Å². The van der Waals surface area contributed by atoms with E-state index in [1.165, 1.54) is 32.1 Å². The lowest BCUT2D eigenvalue weighted by atomic mass is 9.87. The molecule has 0 spiro atoms. The lowest BCUT2D eigenvalue weighted by Crippen LogP contribution is -2.12. The highest BCUT2D eigenvalue weighted by molar-refractivity contribution is 4.64. The Balaban J connectivity index is 3.65. The SMILES string of the molecule is CCC(CC)CC(CC)CCN. The summed E-state index contributed by atoms with van der Waals surface area (Å²) in [4.78, 5) is 0. The fourth-order valence-corrected chi connectivity index (χ4v) is 1.82. The Morgan fingerprint density at radius 1 is 0.917 bits per heavy atom. The van der Waals surface area contributed by atoms with Crippen LogP contribution in [-0.2, 0) is 0 Å². The van der Waals surface area contributed by atoms with Gasteiger partial charge in [-0.1, -0.05) is 40.0 Å². The molecule has 0 amide bonds. The maximum absolute atomic E-state index is 5.56. The summed E-state index contributed by atoms with van der Waals surface area (Å²) >= 11 is 0. The van der Waals surface area contributed by atoms with Crippen molar-refractivity contribution in [2.45, 2.75) is 52.9 Å². The summed E-state index contributed by atoms with van der Waals surface area (Å²) in [5.74, 6) is 1.81. The second kappa shape index (κ2) is 7.60. The molecule has 0 saturated carbocycles. The van der Waals surface area contributed by atoms with E-state index < -0.39 is 0 Å². The molecule has 0 rings (SSSR count). The normalized spacial score (nSPS) is 13.8. The van der Waals surface area contributed by atoms with Crippen LogP contribution in [0, 0.1) is 11.8 Å². The van der Waals surface area contributed by atoms with Crippen LogP contribution in [0.3, 0.4) is 0 Å². The molecular weight excluding hydrogens is 146 g/mol. The summed E-state index contributed by atoms with van der Waals surface area (Å²) in [5.41, 5.74) is 5.56. The van der Waals surface area contributed by atoms with Crippen molar-refractivity contribution in [3.8, 4) is 0 Å². The second-order valence-corrected chi connectivity index (χ2v) is 3.77. The summed E-state index contributed by atoms with van der Waals surface area (Å²) in [7, 11) is 0. The van der Waals surface area contributed by atoms with Gasteiger partial charge in [0.05, 0.1) is 0 Å². The molecule has 0 aliphatic rings. The molecular formula is C11H25N. The Bertz CT molecular complexity index is 87.0. The van der Waals surface area contributed by atoms with Crippen LogP contribution in [0.4, 0.5) is 0 Å². The quantitative estimate of drug-likeness (QED) is 0.625. The molecule has 1 heteroatoms. The number of nitrogens with two attached hydrogens (primary N) is 1. The summed E-state index contributed by atoms with van der Waals surface area (Å²) in [6.45, 7) is 7.73. The molecule has 0 saturated heterocycles. The third-order valence-electron chi connectivity index (χ3n) is 2.97. The van der Waals surface area contributed by atoms with Crippen molar-refractivity contribution in [3.05, 3.63) is 0 Å². The monoisotopic (exact) mass is 171 g/mol. The van der Waals surface area contributed by atoms with Crippen LogP contribution < -0.4 is 5.73 Å². The Hall–Kier alpha value is -0.0400. The Kier molecular flexibility index (Phi) is 7.58. The molecule has 1 unspecified atom stereocenters. The predicted octanol–water partition coefficient (Wildman–Crippen LogP) is 3.19. The molecule has 1 atom stereocenters. The zero-order valence-electron chi connectivity index (χ0n) is 8.97. The average Bonchev–Trinajstić information content (AvgIpc) is 2.12. The van der Waals surface area contributed by atoms with Crippen LogP contribution in [0.2, 0.25) is 0 Å². The van der Waals surface area contributed by atoms with E-state index in [1.54, 1.807) is 0 Å². The van der Waals surface area contributed by atoms with Gasteiger partial charge in [-0.2, -0.15) is 0 Å². The Morgan fingerprint density at radius 3 is 1.75 bits per heavy atom. The third-order valence-corrected chi connectivity index (χ3v) is 2.97. The van der Waals surface area contributed by atoms with Crippen LogP contribution in [0.5, 0.6) is 0 Å². The van der Waals surface area contributed by atoms with E-state index in [0.717, 1.165) is 18.4 Å². The first kappa shape index (κ1) is 12.0. The molecule has 12 heavy (non-hydrogen) atoms. The zero-order chi connectivity index (χ0) is 9.40. The van der Waals surface area contributed by atoms with Crippen LogP contribution in [-0.4, -0.2) is 6.54 Å². The van der Waals surface area contributed by atoms with Gasteiger partial charge in [-0.3, -0.25) is 0 Å². The highest BCUT2D eigenvalue weighted by Gasteiger charge is 2.11. The van der Waals surface area contributed by atoms with Crippen molar-refractivity contribution >= 4 is 0 Å². The second-order valence-electron chi connectivity index (χ2n) is 3.77. The zero-order valence-corrected chi connectivity index (χ0v) is 8.97. The van der Waals surface area contributed by atoms with Crippen molar-refractivity contribution in [3.63, 3.8) is 0 Å². The van der Waals surface area contributed by atoms with Gasteiger partial charge in [0.15, 0.2) is 0 Å². The molecule has 0 radical (unpaired) electrons. The maximum atomic E-state index is 5.56. The van der Waals surface area contributed by atoms with E-state index in [1.807, 2.05) is 0 Å². The highest BCUT2D eigenvalue weighted by Crippen LogP contribution is 2.22. The topological polar surface area (TPSA) is 26.0 Å². The summed E-state index contributed by atoms with van der Waals surface area (Å²) in [6, 6.07) is 0. The number of rotatable bonds is 7. The van der Waals surface area contributed by atoms with E-state index in [9.17, 15) is 0 Å². The van der Waals surface area contributed by atoms with Gasteiger partial charge in [-0.15, -0.1) is 0 Å². The number of hydrogen-bond donors (Lipinski definition) is 1. The molecule has 0 aliphatic heterocycles. The standard InChI is InChI=1S/C11H25N/c1-4-10(5-2)9-11(6-3)7-8-12/h10-11H,4-9,12H2,1-3H3. The van der Waals surface area contributed by atoms with Crippen molar-refractivity contribution in [1.29, 1.82) is 0 Å². The van der Waals surface area contributed by atoms with Gasteiger partial charge in [0.2, 0.25) is 0 Å². The minimum Gasteiger partial charge on any atom is -0.330 e. The molecule has 2 N–H and O–H groups in total. The molecule has 0 heterocycles. The molecule has 1 nitrogen and oxygen atoms in total. The van der Waals surface area contributed by atoms with Crippen molar-refractivity contribution in [2.75, 3.05) is 6.54 Å². The Morgan fingerprint density at radius 2 is 1.42 bits per heavy atom. The van der Waals surface area contributed by atoms with E-state index in [-0.39, 0.29) is 0 Å². The van der Waals surface area contributed by atoms with Crippen molar-refractivity contribution < 1.29 is 0 Å². The average molecular weight is 171 g/mol. The molecule has 0 aromatic carbocycles. The van der Waals surface area contributed by atoms with Crippen LogP contribution in [0.25, 0.3) is 0 Å². The molecule has 0 aromatic heterocycles. The van der Waals surface area contributed by atoms with Gasteiger partial charge in [0.25, 0.3) is 0 Å². The van der Waals surface area contributed by atoms with Crippen LogP contribution in [0.1, 0.15) is 52.9 Å². The lowest BCUT2D eigenvalue weighted by molar-refractivity contribution is 0.333. The van der Waals surface area contributed by atoms with Gasteiger partial charge in [0.1, 0.15) is 0 Å². The van der Waals surface area contributed by atoms with Gasteiger partial charge < -0.3 is 5.73 Å². The summed E-state index contributed by atoms with van der Waals surface area (Å²) < 4.78 is 0. The molecule has 0 aliphatic carbocycles. The first-order chi connectivity index (χ1) is 5.78. The van der Waals surface area contributed by atoms with Crippen LogP contribution >= 0.6 is 0 Å². The van der Waals surface area contributed by atoms with Crippen LogP contribution in [0.15, 0.2) is 0 Å². The van der Waals surface area contributed by atoms with Crippen molar-refractivity contribution in [2.24, 2.45) is 17.6 Å². The van der Waals surface area contributed by atoms with Gasteiger partial charge in [-0.05, 0) is 31.2 Å². The van der Waals surface area contributed by atoms with E-state index in [4.69, 9.17) is 5.73 Å². The van der Waals surface area contributed by atoms with E-state index >= 15 is 0 Å². The Labute approximate surface area is 77.7 Å². The highest BCUT2D eigenvalue weighted by atomic mass is 14.5. The fourth-order valence-electron chi connectivity index (χ4n) is 1.82. The minimum absolute atomic E-state index is 0.860. The minimum atomic E-state index is 0.860. The molecule has 0 fully saturated rings. The summed E-state index contributed by atoms with van der Waals surface area (Å²) in [5, 5.41) is 0. The summed E-state index contributed by atoms with van der Waals surface area (Å²) in [6.07, 6.45) is 6.57. The maximum Gasteiger partial charge on any atom is -0.00746 e.